The average Bonchev–Trinajstić information content (AvgIpc) is 3.25. The molecule has 188 valence electrons. The second-order valence-electron chi connectivity index (χ2n) is 9.06. The molecule has 2 heterocycles. The van der Waals surface area contributed by atoms with Gasteiger partial charge in [-0.2, -0.15) is 4.31 Å². The van der Waals surface area contributed by atoms with Crippen molar-refractivity contribution in [1.82, 2.24) is 24.2 Å². The number of aliphatic hydroxyl groups is 1. The minimum atomic E-state index is -3.72. The van der Waals surface area contributed by atoms with E-state index < -0.39 is 16.1 Å². The van der Waals surface area contributed by atoms with E-state index in [1.807, 2.05) is 13.8 Å². The van der Waals surface area contributed by atoms with Crippen LogP contribution in [0.15, 0.2) is 35.4 Å². The van der Waals surface area contributed by atoms with Crippen molar-refractivity contribution in [3.63, 3.8) is 0 Å². The molecule has 1 aromatic carbocycles. The van der Waals surface area contributed by atoms with Crippen LogP contribution in [-0.2, 0) is 32.7 Å². The van der Waals surface area contributed by atoms with Gasteiger partial charge in [-0.25, -0.2) is 13.1 Å². The van der Waals surface area contributed by atoms with Crippen LogP contribution < -0.4 is 0 Å². The lowest BCUT2D eigenvalue weighted by atomic mass is 10.0. The van der Waals surface area contributed by atoms with Crippen LogP contribution in [-0.4, -0.2) is 82.5 Å². The summed E-state index contributed by atoms with van der Waals surface area (Å²) in [5.41, 5.74) is 1.75. The Morgan fingerprint density at radius 3 is 2.68 bits per heavy atom. The fourth-order valence-electron chi connectivity index (χ4n) is 3.99. The summed E-state index contributed by atoms with van der Waals surface area (Å²) >= 11 is 0. The lowest BCUT2D eigenvalue weighted by molar-refractivity contribution is -0.136. The highest BCUT2D eigenvalue weighted by Crippen LogP contribution is 2.21. The summed E-state index contributed by atoms with van der Waals surface area (Å²) in [4.78, 5) is 14.8. The van der Waals surface area contributed by atoms with Gasteiger partial charge < -0.3 is 14.7 Å². The molecule has 1 amide bonds. The third-order valence-corrected chi connectivity index (χ3v) is 8.14. The summed E-state index contributed by atoms with van der Waals surface area (Å²) in [7, 11) is -2.19. The largest absolute Gasteiger partial charge is 0.394 e. The van der Waals surface area contributed by atoms with Gasteiger partial charge >= 0.3 is 0 Å². The highest BCUT2D eigenvalue weighted by molar-refractivity contribution is 7.89. The van der Waals surface area contributed by atoms with Gasteiger partial charge in [0.1, 0.15) is 0 Å². The number of hydrogen-bond donors (Lipinski definition) is 1. The van der Waals surface area contributed by atoms with Gasteiger partial charge in [-0.05, 0) is 32.4 Å². The highest BCUT2D eigenvalue weighted by Gasteiger charge is 2.31. The van der Waals surface area contributed by atoms with Crippen LogP contribution in [0.2, 0.25) is 0 Å². The van der Waals surface area contributed by atoms with Crippen molar-refractivity contribution in [3.05, 3.63) is 41.7 Å². The number of sulfonamides is 1. The summed E-state index contributed by atoms with van der Waals surface area (Å²) in [6, 6.07) is 6.38. The Morgan fingerprint density at radius 2 is 2.00 bits per heavy atom. The van der Waals surface area contributed by atoms with Crippen molar-refractivity contribution >= 4 is 15.9 Å². The molecule has 1 aromatic heterocycles. The van der Waals surface area contributed by atoms with Crippen molar-refractivity contribution in [1.29, 1.82) is 0 Å². The van der Waals surface area contributed by atoms with Crippen molar-refractivity contribution in [2.45, 2.75) is 63.8 Å². The number of hydrogen-bond acceptors (Lipinski definition) is 7. The molecule has 10 nitrogen and oxygen atoms in total. The molecule has 0 radical (unpaired) electrons. The molecule has 3 atom stereocenters. The first-order valence-corrected chi connectivity index (χ1v) is 13.0. The first-order chi connectivity index (χ1) is 16.1. The number of nitrogens with zero attached hydrogens (tertiary/aromatic N) is 5. The van der Waals surface area contributed by atoms with Crippen molar-refractivity contribution in [2.24, 2.45) is 5.92 Å². The Hall–Kier alpha value is -2.34. The summed E-state index contributed by atoms with van der Waals surface area (Å²) in [6.45, 7) is 6.69. The number of fused-ring (bicyclic) bond motifs is 1. The topological polar surface area (TPSA) is 118 Å². The number of amides is 1. The Morgan fingerprint density at radius 1 is 1.29 bits per heavy atom. The normalized spacial score (nSPS) is 21.6. The predicted molar refractivity (Wildman–Crippen MR) is 126 cm³/mol. The minimum absolute atomic E-state index is 0.0602. The smallest absolute Gasteiger partial charge is 0.242 e. The van der Waals surface area contributed by atoms with Crippen LogP contribution in [0, 0.1) is 12.8 Å². The first kappa shape index (κ1) is 26.3. The molecular formula is C23H35N5O5S. The molecule has 0 spiro atoms. The van der Waals surface area contributed by atoms with Gasteiger partial charge in [0.05, 0.1) is 42.1 Å². The Bertz CT molecular complexity index is 1060. The molecule has 1 aliphatic rings. The maximum atomic E-state index is 13.2. The van der Waals surface area contributed by atoms with E-state index in [0.717, 1.165) is 11.3 Å². The second-order valence-corrected chi connectivity index (χ2v) is 11.1. The monoisotopic (exact) mass is 493 g/mol. The van der Waals surface area contributed by atoms with Gasteiger partial charge in [0.2, 0.25) is 15.9 Å². The van der Waals surface area contributed by atoms with Crippen molar-refractivity contribution < 1.29 is 23.1 Å². The molecule has 0 unspecified atom stereocenters. The van der Waals surface area contributed by atoms with Crippen molar-refractivity contribution in [3.8, 4) is 0 Å². The summed E-state index contributed by atoms with van der Waals surface area (Å²) in [6.07, 6.45) is 2.04. The number of rotatable bonds is 6. The number of aliphatic hydroxyl groups excluding tert-OH is 1. The fraction of sp³-hybridized carbons (Fsp3) is 0.609. The Balaban J connectivity index is 1.86. The van der Waals surface area contributed by atoms with Crippen LogP contribution in [0.1, 0.15) is 37.9 Å². The number of likely N-dealkylation sites (N-methyl/N-ethyl adjacent to an activating group) is 1. The van der Waals surface area contributed by atoms with Crippen molar-refractivity contribution in [2.75, 3.05) is 26.7 Å². The van der Waals surface area contributed by atoms with Gasteiger partial charge in [0, 0.05) is 39.0 Å². The number of ether oxygens (including phenoxy) is 1. The van der Waals surface area contributed by atoms with Gasteiger partial charge in [0.25, 0.3) is 0 Å². The minimum Gasteiger partial charge on any atom is -0.394 e. The SMILES string of the molecule is Cc1ccc(S(=O)(=O)N(C)C[C@@H]2OCc3cnnn3CCCC(=O)N([C@H](C)CO)C[C@H]2C)cc1. The number of aryl methyl sites for hydroxylation is 2. The first-order valence-electron chi connectivity index (χ1n) is 11.6. The molecule has 0 fully saturated rings. The fourth-order valence-corrected chi connectivity index (χ4v) is 5.17. The highest BCUT2D eigenvalue weighted by atomic mass is 32.2. The predicted octanol–water partition coefficient (Wildman–Crippen LogP) is 1.43. The van der Waals surface area contributed by atoms with E-state index in [1.165, 1.54) is 11.4 Å². The number of carbonyl (C=O) groups excluding carboxylic acids is 1. The van der Waals surface area contributed by atoms with E-state index in [0.29, 0.717) is 25.9 Å². The van der Waals surface area contributed by atoms with Crippen LogP contribution in [0.4, 0.5) is 0 Å². The van der Waals surface area contributed by atoms with E-state index >= 15 is 0 Å². The lowest BCUT2D eigenvalue weighted by Gasteiger charge is -2.35. The van der Waals surface area contributed by atoms with E-state index in [2.05, 4.69) is 10.3 Å². The van der Waals surface area contributed by atoms with E-state index in [-0.39, 0.29) is 42.5 Å². The maximum absolute atomic E-state index is 13.2. The summed E-state index contributed by atoms with van der Waals surface area (Å²) in [5.74, 6) is -0.257. The van der Waals surface area contributed by atoms with Crippen LogP contribution in [0.3, 0.4) is 0 Å². The second kappa shape index (κ2) is 11.4. The Labute approximate surface area is 201 Å². The molecule has 0 saturated carbocycles. The molecule has 0 aliphatic carbocycles. The van der Waals surface area contributed by atoms with E-state index in [1.54, 1.807) is 47.0 Å². The van der Waals surface area contributed by atoms with Crippen LogP contribution in [0.25, 0.3) is 0 Å². The third kappa shape index (κ3) is 6.21. The van der Waals surface area contributed by atoms with Gasteiger partial charge in [0.15, 0.2) is 0 Å². The molecule has 1 aliphatic heterocycles. The quantitative estimate of drug-likeness (QED) is 0.647. The number of aromatic nitrogens is 3. The lowest BCUT2D eigenvalue weighted by Crippen LogP contribution is -2.47. The third-order valence-electron chi connectivity index (χ3n) is 6.31. The van der Waals surface area contributed by atoms with Crippen LogP contribution in [0.5, 0.6) is 0 Å². The molecule has 11 heteroatoms. The molecule has 34 heavy (non-hydrogen) atoms. The number of carbonyl (C=O) groups is 1. The molecule has 2 aromatic rings. The zero-order chi connectivity index (χ0) is 24.9. The maximum Gasteiger partial charge on any atom is 0.242 e. The standard InChI is InChI=1S/C23H35N5O5S/c1-17-7-9-21(10-8-17)34(31,32)26(4)14-22-18(2)13-27(19(3)15-29)23(30)6-5-11-28-20(16-33-22)12-24-25-28/h7-10,12,18-19,22,29H,5-6,11,13-16H2,1-4H3/t18-,19-,22+/m1/s1. The number of benzene rings is 1. The van der Waals surface area contributed by atoms with Crippen LogP contribution >= 0.6 is 0 Å². The van der Waals surface area contributed by atoms with E-state index in [9.17, 15) is 18.3 Å². The molecule has 3 rings (SSSR count). The molecule has 1 N–H and O–H groups in total. The van der Waals surface area contributed by atoms with Gasteiger partial charge in [-0.15, -0.1) is 5.10 Å². The molecular weight excluding hydrogens is 458 g/mol. The molecule has 0 saturated heterocycles. The summed E-state index contributed by atoms with van der Waals surface area (Å²) in [5, 5.41) is 17.8. The zero-order valence-electron chi connectivity index (χ0n) is 20.3. The summed E-state index contributed by atoms with van der Waals surface area (Å²) < 4.78 is 35.6. The average molecular weight is 494 g/mol. The van der Waals surface area contributed by atoms with E-state index in [4.69, 9.17) is 4.74 Å². The Kier molecular flexibility index (Phi) is 8.80. The molecule has 0 bridgehead atoms. The zero-order valence-corrected chi connectivity index (χ0v) is 21.1. The van der Waals surface area contributed by atoms with Gasteiger partial charge in [-0.1, -0.05) is 29.8 Å². The van der Waals surface area contributed by atoms with Gasteiger partial charge in [-0.3, -0.25) is 4.79 Å².